The lowest BCUT2D eigenvalue weighted by molar-refractivity contribution is 0.102. The van der Waals surface area contributed by atoms with E-state index in [1.54, 1.807) is 0 Å². The third-order valence-corrected chi connectivity index (χ3v) is 5.44. The molecule has 1 aromatic carbocycles. The van der Waals surface area contributed by atoms with Gasteiger partial charge in [-0.3, -0.25) is 4.79 Å². The van der Waals surface area contributed by atoms with Crippen molar-refractivity contribution in [3.8, 4) is 11.5 Å². The molecule has 1 N–H and O–H groups in total. The first kappa shape index (κ1) is 18.0. The zero-order valence-corrected chi connectivity index (χ0v) is 16.5. The fourth-order valence-corrected chi connectivity index (χ4v) is 4.03. The number of aromatic nitrogens is 3. The molecule has 0 unspecified atom stereocenters. The summed E-state index contributed by atoms with van der Waals surface area (Å²) in [5.74, 6) is 2.20. The first-order valence-electron chi connectivity index (χ1n) is 10.3. The number of nitrogens with one attached hydrogen (secondary N) is 1. The molecule has 5 rings (SSSR count). The van der Waals surface area contributed by atoms with E-state index in [0.29, 0.717) is 41.5 Å². The zero-order chi connectivity index (χ0) is 19.8. The monoisotopic (exact) mass is 392 g/mol. The van der Waals surface area contributed by atoms with Crippen LogP contribution < -0.4 is 14.8 Å². The van der Waals surface area contributed by atoms with E-state index in [0.717, 1.165) is 49.4 Å². The van der Waals surface area contributed by atoms with Crippen LogP contribution in [-0.4, -0.2) is 33.7 Å². The van der Waals surface area contributed by atoms with Gasteiger partial charge in [-0.25, -0.2) is 9.97 Å². The lowest BCUT2D eigenvalue weighted by Gasteiger charge is -2.11. The summed E-state index contributed by atoms with van der Waals surface area (Å²) in [5.41, 5.74) is 3.53. The number of carbonyl (C=O) groups excluding carboxylic acids is 1. The highest BCUT2D eigenvalue weighted by atomic mass is 16.5. The zero-order valence-electron chi connectivity index (χ0n) is 16.5. The van der Waals surface area contributed by atoms with E-state index in [2.05, 4.69) is 9.88 Å². The summed E-state index contributed by atoms with van der Waals surface area (Å²) in [6.07, 6.45) is 5.22. The van der Waals surface area contributed by atoms with Crippen molar-refractivity contribution in [2.24, 2.45) is 0 Å². The number of nitrogens with zero attached hydrogens (tertiary/aromatic N) is 3. The van der Waals surface area contributed by atoms with Crippen molar-refractivity contribution in [2.45, 2.75) is 45.6 Å². The van der Waals surface area contributed by atoms with Crippen molar-refractivity contribution in [3.63, 3.8) is 0 Å². The molecule has 0 fully saturated rings. The number of fused-ring (bicyclic) bond motifs is 4. The maximum absolute atomic E-state index is 13.1. The molecule has 7 nitrogen and oxygen atoms in total. The minimum atomic E-state index is -0.191. The topological polar surface area (TPSA) is 78.3 Å². The Morgan fingerprint density at radius 1 is 1.03 bits per heavy atom. The number of aryl methyl sites for hydroxylation is 3. The maximum Gasteiger partial charge on any atom is 0.258 e. The van der Waals surface area contributed by atoms with Crippen LogP contribution in [0.2, 0.25) is 0 Å². The fourth-order valence-electron chi connectivity index (χ4n) is 4.03. The number of anilines is 1. The number of hydrogen-bond donors (Lipinski definition) is 1. The molecule has 2 aromatic heterocycles. The minimum absolute atomic E-state index is 0.191. The van der Waals surface area contributed by atoms with E-state index >= 15 is 0 Å². The number of pyridine rings is 1. The molecule has 2 aliphatic rings. The van der Waals surface area contributed by atoms with Crippen LogP contribution in [0.1, 0.15) is 47.6 Å². The van der Waals surface area contributed by atoms with Crippen LogP contribution in [0.4, 0.5) is 5.69 Å². The molecule has 0 spiro atoms. The molecule has 0 bridgehead atoms. The van der Waals surface area contributed by atoms with Gasteiger partial charge in [-0.05, 0) is 38.0 Å². The molecule has 0 saturated carbocycles. The highest BCUT2D eigenvalue weighted by molar-refractivity contribution is 6.11. The Hall–Kier alpha value is -3.09. The predicted molar refractivity (Wildman–Crippen MR) is 110 cm³/mol. The average molecular weight is 392 g/mol. The van der Waals surface area contributed by atoms with Gasteiger partial charge in [0.15, 0.2) is 17.1 Å². The van der Waals surface area contributed by atoms with Crippen molar-refractivity contribution in [2.75, 3.05) is 18.5 Å². The Bertz CT molecular complexity index is 1090. The van der Waals surface area contributed by atoms with Crippen LogP contribution in [0.15, 0.2) is 24.3 Å². The van der Waals surface area contributed by atoms with Crippen LogP contribution in [-0.2, 0) is 13.0 Å². The summed E-state index contributed by atoms with van der Waals surface area (Å²) >= 11 is 0. The SMILES string of the molecule is Cc1cc(C(=O)Nc2ccc3c(c2)OCCCO3)c2nc3n(c2n1)CCCCC3. The van der Waals surface area contributed by atoms with Crippen LogP contribution >= 0.6 is 0 Å². The summed E-state index contributed by atoms with van der Waals surface area (Å²) in [5, 5.41) is 2.99. The van der Waals surface area contributed by atoms with Gasteiger partial charge in [-0.15, -0.1) is 0 Å². The third kappa shape index (κ3) is 3.41. The number of hydrogen-bond acceptors (Lipinski definition) is 5. The number of benzene rings is 1. The van der Waals surface area contributed by atoms with Crippen molar-refractivity contribution in [3.05, 3.63) is 41.3 Å². The summed E-state index contributed by atoms with van der Waals surface area (Å²) in [6.45, 7) is 4.07. The normalized spacial score (nSPS) is 16.0. The van der Waals surface area contributed by atoms with Gasteiger partial charge in [0.25, 0.3) is 5.91 Å². The number of amides is 1. The molecule has 150 valence electrons. The molecule has 0 radical (unpaired) electrons. The number of ether oxygens (including phenoxy) is 2. The summed E-state index contributed by atoms with van der Waals surface area (Å²) in [6, 6.07) is 7.29. The standard InChI is InChI=1S/C22H24N4O3/c1-14-12-16(20-21(23-14)26-9-4-2-3-6-19(26)25-20)22(27)24-15-7-8-17-18(13-15)29-11-5-10-28-17/h7-8,12-13H,2-6,9-11H2,1H3,(H,24,27). The number of imidazole rings is 1. The molecule has 0 atom stereocenters. The van der Waals surface area contributed by atoms with Crippen molar-refractivity contribution >= 4 is 22.8 Å². The minimum Gasteiger partial charge on any atom is -0.490 e. The molecule has 2 aliphatic heterocycles. The lowest BCUT2D eigenvalue weighted by atomic mass is 10.1. The Balaban J connectivity index is 1.49. The molecule has 3 aromatic rings. The summed E-state index contributed by atoms with van der Waals surface area (Å²) in [4.78, 5) is 22.6. The molecular formula is C22H24N4O3. The Morgan fingerprint density at radius 2 is 1.90 bits per heavy atom. The quantitative estimate of drug-likeness (QED) is 0.716. The van der Waals surface area contributed by atoms with Crippen LogP contribution in [0, 0.1) is 6.92 Å². The van der Waals surface area contributed by atoms with Gasteiger partial charge in [0.1, 0.15) is 11.3 Å². The summed E-state index contributed by atoms with van der Waals surface area (Å²) < 4.78 is 13.6. The highest BCUT2D eigenvalue weighted by Crippen LogP contribution is 2.33. The van der Waals surface area contributed by atoms with E-state index in [1.165, 1.54) is 6.42 Å². The van der Waals surface area contributed by atoms with Gasteiger partial charge in [-0.1, -0.05) is 6.42 Å². The van der Waals surface area contributed by atoms with Gasteiger partial charge in [0.05, 0.1) is 18.8 Å². The molecule has 4 heterocycles. The lowest BCUT2D eigenvalue weighted by Crippen LogP contribution is -2.13. The largest absolute Gasteiger partial charge is 0.490 e. The second kappa shape index (κ2) is 7.39. The van der Waals surface area contributed by atoms with Crippen LogP contribution in [0.5, 0.6) is 11.5 Å². The average Bonchev–Trinajstić information content (AvgIpc) is 2.90. The van der Waals surface area contributed by atoms with E-state index in [9.17, 15) is 4.79 Å². The molecule has 0 saturated heterocycles. The maximum atomic E-state index is 13.1. The predicted octanol–water partition coefficient (Wildman–Crippen LogP) is 3.88. The second-order valence-corrected chi connectivity index (χ2v) is 7.64. The van der Waals surface area contributed by atoms with Gasteiger partial charge < -0.3 is 19.4 Å². The Kier molecular flexibility index (Phi) is 4.58. The van der Waals surface area contributed by atoms with E-state index < -0.39 is 0 Å². The van der Waals surface area contributed by atoms with E-state index in [1.807, 2.05) is 31.2 Å². The van der Waals surface area contributed by atoms with Gasteiger partial charge in [0.2, 0.25) is 0 Å². The molecule has 1 amide bonds. The van der Waals surface area contributed by atoms with Gasteiger partial charge in [0, 0.05) is 36.8 Å². The van der Waals surface area contributed by atoms with Crippen LogP contribution in [0.3, 0.4) is 0 Å². The van der Waals surface area contributed by atoms with Crippen molar-refractivity contribution in [1.29, 1.82) is 0 Å². The molecule has 0 aliphatic carbocycles. The summed E-state index contributed by atoms with van der Waals surface area (Å²) in [7, 11) is 0. The first-order chi connectivity index (χ1) is 14.2. The van der Waals surface area contributed by atoms with Crippen LogP contribution in [0.25, 0.3) is 11.2 Å². The Labute approximate surface area is 169 Å². The second-order valence-electron chi connectivity index (χ2n) is 7.64. The number of carbonyl (C=O) groups is 1. The molecule has 7 heteroatoms. The first-order valence-corrected chi connectivity index (χ1v) is 10.3. The Morgan fingerprint density at radius 3 is 2.79 bits per heavy atom. The van der Waals surface area contributed by atoms with Gasteiger partial charge >= 0.3 is 0 Å². The van der Waals surface area contributed by atoms with Crippen molar-refractivity contribution < 1.29 is 14.3 Å². The van der Waals surface area contributed by atoms with E-state index in [4.69, 9.17) is 19.4 Å². The van der Waals surface area contributed by atoms with E-state index in [-0.39, 0.29) is 5.91 Å². The fraction of sp³-hybridized carbons (Fsp3) is 0.409. The number of rotatable bonds is 2. The third-order valence-electron chi connectivity index (χ3n) is 5.44. The molecular weight excluding hydrogens is 368 g/mol. The van der Waals surface area contributed by atoms with Crippen molar-refractivity contribution in [1.82, 2.24) is 14.5 Å². The smallest absolute Gasteiger partial charge is 0.258 e. The molecule has 29 heavy (non-hydrogen) atoms. The highest BCUT2D eigenvalue weighted by Gasteiger charge is 2.21. The van der Waals surface area contributed by atoms with Gasteiger partial charge in [-0.2, -0.15) is 0 Å².